The first-order chi connectivity index (χ1) is 8.97. The van der Waals surface area contributed by atoms with Crippen molar-refractivity contribution in [2.75, 3.05) is 5.32 Å². The fraction of sp³-hybridized carbons (Fsp3) is 0.0769. The summed E-state index contributed by atoms with van der Waals surface area (Å²) >= 11 is 5.43. The molecule has 2 rings (SSSR count). The summed E-state index contributed by atoms with van der Waals surface area (Å²) in [7, 11) is 0. The van der Waals surface area contributed by atoms with Crippen LogP contribution in [0.15, 0.2) is 34.9 Å². The maximum Gasteiger partial charge on any atom is 0.260 e. The predicted octanol–water partition coefficient (Wildman–Crippen LogP) is 3.72. The van der Waals surface area contributed by atoms with Gasteiger partial charge in [-0.25, -0.2) is 4.98 Å². The number of phenolic OH excluding ortho intramolecular Hbond substituents is 1. The largest absolute Gasteiger partial charge is 0.507 e. The van der Waals surface area contributed by atoms with E-state index in [4.69, 9.17) is 0 Å². The van der Waals surface area contributed by atoms with Gasteiger partial charge >= 0.3 is 0 Å². The van der Waals surface area contributed by atoms with E-state index in [9.17, 15) is 9.90 Å². The number of aryl methyl sites for hydroxylation is 1. The molecule has 2 aromatic rings. The normalized spacial score (nSPS) is 10.3. The average molecular weight is 433 g/mol. The number of anilines is 1. The topological polar surface area (TPSA) is 62.2 Å². The van der Waals surface area contributed by atoms with Crippen LogP contribution in [0.5, 0.6) is 5.75 Å². The zero-order valence-corrected chi connectivity index (χ0v) is 13.7. The zero-order valence-electron chi connectivity index (χ0n) is 9.95. The van der Waals surface area contributed by atoms with E-state index in [1.54, 1.807) is 24.4 Å². The monoisotopic (exact) mass is 432 g/mol. The van der Waals surface area contributed by atoms with Crippen LogP contribution in [0.2, 0.25) is 0 Å². The van der Waals surface area contributed by atoms with Crippen LogP contribution < -0.4 is 5.32 Å². The third-order valence-electron chi connectivity index (χ3n) is 2.49. The van der Waals surface area contributed by atoms with E-state index in [0.717, 1.165) is 13.6 Å². The molecule has 0 saturated heterocycles. The van der Waals surface area contributed by atoms with E-state index in [-0.39, 0.29) is 17.2 Å². The van der Waals surface area contributed by atoms with Crippen LogP contribution in [-0.4, -0.2) is 16.0 Å². The minimum atomic E-state index is -0.384. The van der Waals surface area contributed by atoms with Crippen molar-refractivity contribution in [3.8, 4) is 5.75 Å². The number of amides is 1. The van der Waals surface area contributed by atoms with Gasteiger partial charge in [0, 0.05) is 14.2 Å². The first-order valence-electron chi connectivity index (χ1n) is 5.39. The Morgan fingerprint density at radius 3 is 2.84 bits per heavy atom. The lowest BCUT2D eigenvalue weighted by atomic mass is 10.2. The third kappa shape index (κ3) is 3.44. The molecule has 19 heavy (non-hydrogen) atoms. The quantitative estimate of drug-likeness (QED) is 0.711. The highest BCUT2D eigenvalue weighted by atomic mass is 127. The molecule has 0 spiro atoms. The van der Waals surface area contributed by atoms with Gasteiger partial charge in [-0.2, -0.15) is 0 Å². The molecule has 0 saturated carbocycles. The van der Waals surface area contributed by atoms with Crippen LogP contribution in [0.1, 0.15) is 15.9 Å². The third-order valence-corrected chi connectivity index (χ3v) is 3.99. The number of carbonyl (C=O) groups excluding carboxylic acids is 1. The second kappa shape index (κ2) is 5.87. The lowest BCUT2D eigenvalue weighted by Gasteiger charge is -2.07. The highest BCUT2D eigenvalue weighted by Gasteiger charge is 2.12. The van der Waals surface area contributed by atoms with Crippen LogP contribution in [0.4, 0.5) is 5.82 Å². The lowest BCUT2D eigenvalue weighted by Crippen LogP contribution is -2.13. The highest BCUT2D eigenvalue weighted by Crippen LogP contribution is 2.22. The van der Waals surface area contributed by atoms with Crippen LogP contribution in [-0.2, 0) is 0 Å². The Kier molecular flexibility index (Phi) is 4.41. The molecule has 1 aromatic carbocycles. The van der Waals surface area contributed by atoms with Gasteiger partial charge < -0.3 is 10.4 Å². The van der Waals surface area contributed by atoms with Gasteiger partial charge in [0.25, 0.3) is 5.91 Å². The lowest BCUT2D eigenvalue weighted by molar-refractivity contribution is 0.102. The average Bonchev–Trinajstić information content (AvgIpc) is 2.36. The van der Waals surface area contributed by atoms with Crippen LogP contribution in [0.25, 0.3) is 0 Å². The number of nitrogens with one attached hydrogen (secondary N) is 1. The Morgan fingerprint density at radius 1 is 1.42 bits per heavy atom. The summed E-state index contributed by atoms with van der Waals surface area (Å²) in [6.07, 6.45) is 1.62. The number of benzene rings is 1. The molecule has 0 aliphatic carbocycles. The molecule has 0 bridgehead atoms. The van der Waals surface area contributed by atoms with Gasteiger partial charge in [-0.15, -0.1) is 0 Å². The Hall–Kier alpha value is -1.15. The van der Waals surface area contributed by atoms with Crippen LogP contribution >= 0.6 is 38.5 Å². The van der Waals surface area contributed by atoms with E-state index in [1.165, 1.54) is 6.07 Å². The number of hydrogen-bond donors (Lipinski definition) is 2. The molecule has 0 fully saturated rings. The SMILES string of the molecule is Cc1cc(NC(=O)c2cc(I)ccc2O)ncc1Br. The van der Waals surface area contributed by atoms with Gasteiger partial charge in [0.2, 0.25) is 0 Å². The van der Waals surface area contributed by atoms with Crippen molar-refractivity contribution in [1.29, 1.82) is 0 Å². The molecule has 0 radical (unpaired) electrons. The van der Waals surface area contributed by atoms with Crippen molar-refractivity contribution < 1.29 is 9.90 Å². The van der Waals surface area contributed by atoms with Gasteiger partial charge in [0.15, 0.2) is 0 Å². The molecule has 1 amide bonds. The maximum atomic E-state index is 12.1. The highest BCUT2D eigenvalue weighted by molar-refractivity contribution is 14.1. The van der Waals surface area contributed by atoms with Gasteiger partial charge in [0.05, 0.1) is 5.56 Å². The van der Waals surface area contributed by atoms with Gasteiger partial charge in [-0.05, 0) is 75.3 Å². The second-order valence-corrected chi connectivity index (χ2v) is 6.03. The molecule has 0 unspecified atom stereocenters. The molecule has 2 N–H and O–H groups in total. The van der Waals surface area contributed by atoms with Gasteiger partial charge in [-0.1, -0.05) is 0 Å². The zero-order chi connectivity index (χ0) is 14.0. The molecule has 6 heteroatoms. The summed E-state index contributed by atoms with van der Waals surface area (Å²) in [6, 6.07) is 6.61. The predicted molar refractivity (Wildman–Crippen MR) is 85.5 cm³/mol. The second-order valence-electron chi connectivity index (χ2n) is 3.93. The molecule has 1 heterocycles. The molecular weight excluding hydrogens is 423 g/mol. The number of nitrogens with zero attached hydrogens (tertiary/aromatic N) is 1. The summed E-state index contributed by atoms with van der Waals surface area (Å²) in [5.41, 5.74) is 1.20. The molecule has 1 aromatic heterocycles. The van der Waals surface area contributed by atoms with Crippen molar-refractivity contribution in [3.63, 3.8) is 0 Å². The Labute approximate surface area is 132 Å². The fourth-order valence-electron chi connectivity index (χ4n) is 1.48. The number of carbonyl (C=O) groups is 1. The van der Waals surface area contributed by atoms with Crippen molar-refractivity contribution in [1.82, 2.24) is 4.98 Å². The fourth-order valence-corrected chi connectivity index (χ4v) is 2.19. The number of aromatic nitrogens is 1. The number of aromatic hydroxyl groups is 1. The van der Waals surface area contributed by atoms with E-state index in [2.05, 4.69) is 48.8 Å². The first kappa shape index (κ1) is 14.3. The summed E-state index contributed by atoms with van der Waals surface area (Å²) in [4.78, 5) is 16.2. The van der Waals surface area contributed by atoms with Crippen molar-refractivity contribution in [2.45, 2.75) is 6.92 Å². The Balaban J connectivity index is 2.25. The van der Waals surface area contributed by atoms with Crippen LogP contribution in [0, 0.1) is 10.5 Å². The number of hydrogen-bond acceptors (Lipinski definition) is 3. The Morgan fingerprint density at radius 2 is 2.16 bits per heavy atom. The summed E-state index contributed by atoms with van der Waals surface area (Å²) in [5.74, 6) is 0.0148. The molecule has 4 nitrogen and oxygen atoms in total. The van der Waals surface area contributed by atoms with E-state index in [0.29, 0.717) is 5.82 Å². The minimum Gasteiger partial charge on any atom is -0.507 e. The van der Waals surface area contributed by atoms with E-state index >= 15 is 0 Å². The summed E-state index contributed by atoms with van der Waals surface area (Å²) < 4.78 is 1.75. The number of pyridine rings is 1. The van der Waals surface area contributed by atoms with Gasteiger partial charge in [-0.3, -0.25) is 4.79 Å². The molecule has 0 aliphatic rings. The molecule has 0 aliphatic heterocycles. The first-order valence-corrected chi connectivity index (χ1v) is 7.26. The smallest absolute Gasteiger partial charge is 0.260 e. The van der Waals surface area contributed by atoms with E-state index < -0.39 is 0 Å². The number of phenols is 1. The van der Waals surface area contributed by atoms with Crippen molar-refractivity contribution in [2.24, 2.45) is 0 Å². The summed E-state index contributed by atoms with van der Waals surface area (Å²) in [6.45, 7) is 1.91. The van der Waals surface area contributed by atoms with Gasteiger partial charge in [0.1, 0.15) is 11.6 Å². The standard InChI is InChI=1S/C13H10BrIN2O2/c1-7-4-12(16-6-10(7)14)17-13(19)9-5-8(15)2-3-11(9)18/h2-6,18H,1H3,(H,16,17,19). The number of rotatable bonds is 2. The molecular formula is C13H10BrIN2O2. The Bertz CT molecular complexity index is 647. The summed E-state index contributed by atoms with van der Waals surface area (Å²) in [5, 5.41) is 12.4. The van der Waals surface area contributed by atoms with Crippen molar-refractivity contribution in [3.05, 3.63) is 49.6 Å². The molecule has 98 valence electrons. The van der Waals surface area contributed by atoms with E-state index in [1.807, 2.05) is 6.92 Å². The molecule has 0 atom stereocenters. The number of halogens is 2. The van der Waals surface area contributed by atoms with Crippen LogP contribution in [0.3, 0.4) is 0 Å². The van der Waals surface area contributed by atoms with Crippen molar-refractivity contribution >= 4 is 50.2 Å². The maximum absolute atomic E-state index is 12.1. The minimum absolute atomic E-state index is 0.0493.